The van der Waals surface area contributed by atoms with Gasteiger partial charge >= 0.3 is 18.2 Å². The largest absolute Gasteiger partial charge is 0.468 e. The number of hydrogen-bond donors (Lipinski definition) is 0. The first-order valence-electron chi connectivity index (χ1n) is 6.52. The van der Waals surface area contributed by atoms with Gasteiger partial charge in [-0.05, 0) is 0 Å². The Hall–Kier alpha value is -2.33. The summed E-state index contributed by atoms with van der Waals surface area (Å²) in [5.41, 5.74) is 0. The Morgan fingerprint density at radius 2 is 1.91 bits per heavy atom. The third-order valence-corrected chi connectivity index (χ3v) is 3.09. The molecule has 1 aliphatic rings. The molecule has 1 fully saturated rings. The number of alkyl halides is 3. The van der Waals surface area contributed by atoms with Gasteiger partial charge in [0.15, 0.2) is 0 Å². The highest BCUT2D eigenvalue weighted by Gasteiger charge is 2.37. The van der Waals surface area contributed by atoms with Gasteiger partial charge in [-0.15, -0.1) is 0 Å². The number of nitrogens with zero attached hydrogens (tertiary/aromatic N) is 3. The molecule has 0 saturated carbocycles. The first kappa shape index (κ1) is 18.7. The van der Waals surface area contributed by atoms with E-state index in [-0.39, 0.29) is 6.54 Å². The third kappa shape index (κ3) is 5.42. The predicted octanol–water partition coefficient (Wildman–Crippen LogP) is -0.166. The van der Waals surface area contributed by atoms with E-state index in [1.165, 1.54) is 7.05 Å². The lowest BCUT2D eigenvalue weighted by molar-refractivity contribution is -0.154. The molecule has 1 saturated heterocycles. The number of ether oxygens (including phenoxy) is 1. The monoisotopic (exact) mass is 339 g/mol. The minimum absolute atomic E-state index is 0.217. The van der Waals surface area contributed by atoms with Gasteiger partial charge in [0, 0.05) is 13.6 Å². The summed E-state index contributed by atoms with van der Waals surface area (Å²) in [6.07, 6.45) is -5.84. The fourth-order valence-corrected chi connectivity index (χ4v) is 1.83. The number of imide groups is 1. The van der Waals surface area contributed by atoms with E-state index in [1.54, 1.807) is 0 Å². The maximum Gasteiger partial charge on any atom is 0.390 e. The molecule has 0 bridgehead atoms. The van der Waals surface area contributed by atoms with Crippen LogP contribution < -0.4 is 0 Å². The first-order chi connectivity index (χ1) is 10.5. The zero-order valence-corrected chi connectivity index (χ0v) is 12.6. The van der Waals surface area contributed by atoms with Crippen LogP contribution in [0, 0.1) is 0 Å². The average molecular weight is 339 g/mol. The van der Waals surface area contributed by atoms with Crippen LogP contribution >= 0.6 is 0 Å². The summed E-state index contributed by atoms with van der Waals surface area (Å²) in [6, 6.07) is -0.725. The average Bonchev–Trinajstić information content (AvgIpc) is 2.68. The van der Waals surface area contributed by atoms with E-state index in [2.05, 4.69) is 4.74 Å². The Balaban J connectivity index is 2.76. The Kier molecular flexibility index (Phi) is 5.93. The number of rotatable bonds is 6. The lowest BCUT2D eigenvalue weighted by Gasteiger charge is -2.24. The molecule has 130 valence electrons. The normalized spacial score (nSPS) is 15.2. The van der Waals surface area contributed by atoms with E-state index < -0.39 is 56.0 Å². The molecule has 23 heavy (non-hydrogen) atoms. The van der Waals surface area contributed by atoms with E-state index in [4.69, 9.17) is 0 Å². The van der Waals surface area contributed by atoms with Crippen molar-refractivity contribution in [2.24, 2.45) is 0 Å². The molecule has 0 N–H and O–H groups in total. The summed E-state index contributed by atoms with van der Waals surface area (Å²) in [5.74, 6) is -2.49. The summed E-state index contributed by atoms with van der Waals surface area (Å²) in [4.78, 5) is 48.8. The number of amides is 4. The van der Waals surface area contributed by atoms with E-state index >= 15 is 0 Å². The van der Waals surface area contributed by atoms with Crippen LogP contribution in [0.25, 0.3) is 0 Å². The van der Waals surface area contributed by atoms with Crippen molar-refractivity contribution in [3.63, 3.8) is 0 Å². The standard InChI is InChI=1S/C12H16F3N3O5/c1-16-5-9(20)18(11(16)22)6-8(19)17(7-10(21)23-2)4-3-12(13,14)15/h3-7H2,1-2H3. The van der Waals surface area contributed by atoms with E-state index in [1.807, 2.05) is 0 Å². The van der Waals surface area contributed by atoms with E-state index in [0.29, 0.717) is 9.80 Å². The molecule has 0 aliphatic carbocycles. The second-order valence-electron chi connectivity index (χ2n) is 4.88. The van der Waals surface area contributed by atoms with Crippen LogP contribution in [0.1, 0.15) is 6.42 Å². The molecule has 0 atom stereocenters. The molecule has 4 amide bonds. The van der Waals surface area contributed by atoms with Crippen LogP contribution in [0.3, 0.4) is 0 Å². The Morgan fingerprint density at radius 3 is 2.35 bits per heavy atom. The summed E-state index contributed by atoms with van der Waals surface area (Å²) in [5, 5.41) is 0. The zero-order chi connectivity index (χ0) is 17.8. The van der Waals surface area contributed by atoms with Gasteiger partial charge in [0.25, 0.3) is 5.91 Å². The number of carbonyl (C=O) groups is 4. The number of carbonyl (C=O) groups excluding carboxylic acids is 4. The molecule has 0 unspecified atom stereocenters. The molecule has 0 aromatic heterocycles. The topological polar surface area (TPSA) is 87.2 Å². The van der Waals surface area contributed by atoms with Crippen molar-refractivity contribution in [1.82, 2.24) is 14.7 Å². The molecular formula is C12H16F3N3O5. The van der Waals surface area contributed by atoms with Crippen molar-refractivity contribution >= 4 is 23.8 Å². The van der Waals surface area contributed by atoms with Crippen molar-refractivity contribution in [2.75, 3.05) is 40.3 Å². The van der Waals surface area contributed by atoms with Crippen LogP contribution in [0.4, 0.5) is 18.0 Å². The van der Waals surface area contributed by atoms with Gasteiger partial charge < -0.3 is 14.5 Å². The number of urea groups is 1. The number of hydrogen-bond acceptors (Lipinski definition) is 5. The highest BCUT2D eigenvalue weighted by atomic mass is 19.4. The highest BCUT2D eigenvalue weighted by Crippen LogP contribution is 2.20. The Bertz CT molecular complexity index is 509. The van der Waals surface area contributed by atoms with Gasteiger partial charge in [-0.2, -0.15) is 13.2 Å². The molecule has 11 heteroatoms. The fourth-order valence-electron chi connectivity index (χ4n) is 1.83. The second-order valence-corrected chi connectivity index (χ2v) is 4.88. The molecule has 1 rings (SSSR count). The highest BCUT2D eigenvalue weighted by molar-refractivity contribution is 6.04. The molecule has 0 spiro atoms. The number of likely N-dealkylation sites (N-methyl/N-ethyl adjacent to an activating group) is 1. The Labute approximate surface area is 129 Å². The van der Waals surface area contributed by atoms with Crippen LogP contribution in [-0.2, 0) is 19.1 Å². The lowest BCUT2D eigenvalue weighted by atomic mass is 10.3. The van der Waals surface area contributed by atoms with Gasteiger partial charge in [0.2, 0.25) is 5.91 Å². The van der Waals surface area contributed by atoms with Crippen LogP contribution in [0.15, 0.2) is 0 Å². The van der Waals surface area contributed by atoms with Gasteiger partial charge in [0.1, 0.15) is 19.6 Å². The maximum atomic E-state index is 12.3. The van der Waals surface area contributed by atoms with Crippen molar-refractivity contribution in [3.05, 3.63) is 0 Å². The third-order valence-electron chi connectivity index (χ3n) is 3.09. The fraction of sp³-hybridized carbons (Fsp3) is 0.667. The lowest BCUT2D eigenvalue weighted by Crippen LogP contribution is -2.46. The van der Waals surface area contributed by atoms with Crippen molar-refractivity contribution in [2.45, 2.75) is 12.6 Å². The minimum Gasteiger partial charge on any atom is -0.468 e. The molecule has 1 aliphatic heterocycles. The van der Waals surface area contributed by atoms with Gasteiger partial charge in [-0.25, -0.2) is 4.79 Å². The summed E-state index contributed by atoms with van der Waals surface area (Å²) < 4.78 is 41.2. The number of esters is 1. The minimum atomic E-state index is -4.52. The first-order valence-corrected chi connectivity index (χ1v) is 6.52. The Morgan fingerprint density at radius 1 is 1.30 bits per heavy atom. The molecule has 0 radical (unpaired) electrons. The van der Waals surface area contributed by atoms with Crippen LogP contribution in [0.2, 0.25) is 0 Å². The molecule has 1 heterocycles. The van der Waals surface area contributed by atoms with Crippen molar-refractivity contribution < 1.29 is 37.1 Å². The predicted molar refractivity (Wildman–Crippen MR) is 69.0 cm³/mol. The second kappa shape index (κ2) is 7.29. The molecular weight excluding hydrogens is 323 g/mol. The number of halogens is 3. The summed E-state index contributed by atoms with van der Waals surface area (Å²) in [7, 11) is 2.37. The maximum absolute atomic E-state index is 12.3. The van der Waals surface area contributed by atoms with E-state index in [9.17, 15) is 32.3 Å². The number of methoxy groups -OCH3 is 1. The van der Waals surface area contributed by atoms with Crippen LogP contribution in [-0.4, -0.2) is 85.0 Å². The SMILES string of the molecule is COC(=O)CN(CCC(F)(F)F)C(=O)CN1C(=O)CN(C)C1=O. The van der Waals surface area contributed by atoms with E-state index in [0.717, 1.165) is 12.0 Å². The quantitative estimate of drug-likeness (QED) is 0.495. The van der Waals surface area contributed by atoms with Crippen LogP contribution in [0.5, 0.6) is 0 Å². The molecule has 8 nitrogen and oxygen atoms in total. The van der Waals surface area contributed by atoms with Crippen molar-refractivity contribution in [3.8, 4) is 0 Å². The van der Waals surface area contributed by atoms with Gasteiger partial charge in [-0.1, -0.05) is 0 Å². The summed E-state index contributed by atoms with van der Waals surface area (Å²) >= 11 is 0. The molecule has 0 aromatic carbocycles. The zero-order valence-electron chi connectivity index (χ0n) is 12.6. The van der Waals surface area contributed by atoms with Gasteiger partial charge in [0.05, 0.1) is 13.5 Å². The summed E-state index contributed by atoms with van der Waals surface area (Å²) in [6.45, 7) is -2.41. The smallest absolute Gasteiger partial charge is 0.390 e. The molecule has 0 aromatic rings. The van der Waals surface area contributed by atoms with Gasteiger partial charge in [-0.3, -0.25) is 19.3 Å². The van der Waals surface area contributed by atoms with Crippen molar-refractivity contribution in [1.29, 1.82) is 0 Å².